The van der Waals surface area contributed by atoms with Gasteiger partial charge in [0.1, 0.15) is 6.04 Å². The van der Waals surface area contributed by atoms with Gasteiger partial charge < -0.3 is 5.11 Å². The molecular weight excluding hydrogens is 313 g/mol. The Morgan fingerprint density at radius 1 is 1.42 bits per heavy atom. The SMILES string of the molecule is C#CC[C@@H](NS(=O)(=O)c1ccc(Cl)c(Cl)c1)C(=O)O. The minimum absolute atomic E-state index is 0.0494. The minimum Gasteiger partial charge on any atom is -0.480 e. The van der Waals surface area contributed by atoms with Crippen LogP contribution in [0.3, 0.4) is 0 Å². The smallest absolute Gasteiger partial charge is 0.322 e. The van der Waals surface area contributed by atoms with Crippen LogP contribution in [-0.2, 0) is 14.8 Å². The summed E-state index contributed by atoms with van der Waals surface area (Å²) in [6.07, 6.45) is 4.71. The number of sulfonamides is 1. The van der Waals surface area contributed by atoms with Crippen LogP contribution >= 0.6 is 23.2 Å². The number of nitrogens with one attached hydrogen (secondary N) is 1. The molecule has 1 rings (SSSR count). The molecule has 19 heavy (non-hydrogen) atoms. The van der Waals surface area contributed by atoms with Crippen LogP contribution in [0.15, 0.2) is 23.1 Å². The third kappa shape index (κ3) is 4.11. The van der Waals surface area contributed by atoms with Crippen molar-refractivity contribution in [2.45, 2.75) is 17.4 Å². The van der Waals surface area contributed by atoms with Gasteiger partial charge in [-0.1, -0.05) is 23.2 Å². The summed E-state index contributed by atoms with van der Waals surface area (Å²) in [5, 5.41) is 9.09. The molecule has 0 aliphatic carbocycles. The average Bonchev–Trinajstić information content (AvgIpc) is 2.31. The maximum Gasteiger partial charge on any atom is 0.322 e. The lowest BCUT2D eigenvalue weighted by atomic mass is 10.2. The fraction of sp³-hybridized carbons (Fsp3) is 0.182. The van der Waals surface area contributed by atoms with Crippen molar-refractivity contribution in [1.82, 2.24) is 4.72 Å². The molecule has 1 atom stereocenters. The molecule has 0 saturated heterocycles. The number of halogens is 2. The molecule has 0 aliphatic heterocycles. The first kappa shape index (κ1) is 15.8. The Balaban J connectivity index is 3.07. The normalized spacial score (nSPS) is 12.7. The first-order valence-electron chi connectivity index (χ1n) is 4.91. The minimum atomic E-state index is -4.04. The molecule has 5 nitrogen and oxygen atoms in total. The van der Waals surface area contributed by atoms with Gasteiger partial charge in [-0.2, -0.15) is 4.72 Å². The van der Waals surface area contributed by atoms with Crippen LogP contribution in [0.1, 0.15) is 6.42 Å². The molecule has 0 aliphatic rings. The van der Waals surface area contributed by atoms with Gasteiger partial charge in [-0.05, 0) is 18.2 Å². The van der Waals surface area contributed by atoms with E-state index in [0.29, 0.717) is 0 Å². The first-order valence-corrected chi connectivity index (χ1v) is 7.15. The third-order valence-electron chi connectivity index (χ3n) is 2.12. The molecule has 1 aromatic rings. The highest BCUT2D eigenvalue weighted by Gasteiger charge is 2.25. The van der Waals surface area contributed by atoms with E-state index >= 15 is 0 Å². The molecule has 0 unspecified atom stereocenters. The fourth-order valence-electron chi connectivity index (χ4n) is 1.20. The summed E-state index contributed by atoms with van der Waals surface area (Å²) in [5.74, 6) is 0.729. The highest BCUT2D eigenvalue weighted by molar-refractivity contribution is 7.89. The maximum atomic E-state index is 11.9. The van der Waals surface area contributed by atoms with Gasteiger partial charge in [0.15, 0.2) is 0 Å². The van der Waals surface area contributed by atoms with Gasteiger partial charge in [0, 0.05) is 6.42 Å². The number of rotatable bonds is 5. The topological polar surface area (TPSA) is 83.5 Å². The number of terminal acetylenes is 1. The van der Waals surface area contributed by atoms with Gasteiger partial charge in [0.25, 0.3) is 0 Å². The van der Waals surface area contributed by atoms with E-state index in [1.165, 1.54) is 12.1 Å². The van der Waals surface area contributed by atoms with Crippen molar-refractivity contribution in [1.29, 1.82) is 0 Å². The molecule has 2 N–H and O–H groups in total. The quantitative estimate of drug-likeness (QED) is 0.809. The van der Waals surface area contributed by atoms with Crippen LogP contribution in [0.25, 0.3) is 0 Å². The first-order chi connectivity index (χ1) is 8.77. The van der Waals surface area contributed by atoms with Gasteiger partial charge in [-0.25, -0.2) is 8.42 Å². The second kappa shape index (κ2) is 6.26. The van der Waals surface area contributed by atoms with Crippen LogP contribution in [0.5, 0.6) is 0 Å². The van der Waals surface area contributed by atoms with Crippen molar-refractivity contribution in [2.75, 3.05) is 0 Å². The summed E-state index contributed by atoms with van der Waals surface area (Å²) < 4.78 is 25.9. The Morgan fingerprint density at radius 3 is 2.53 bits per heavy atom. The molecule has 0 spiro atoms. The second-order valence-electron chi connectivity index (χ2n) is 3.50. The Kier molecular flexibility index (Phi) is 5.20. The van der Waals surface area contributed by atoms with E-state index in [1.807, 2.05) is 4.72 Å². The van der Waals surface area contributed by atoms with Gasteiger partial charge >= 0.3 is 5.97 Å². The van der Waals surface area contributed by atoms with Crippen LogP contribution in [0.2, 0.25) is 10.0 Å². The molecule has 0 radical (unpaired) electrons. The summed E-state index contributed by atoms with van der Waals surface area (Å²) in [6.45, 7) is 0. The molecular formula is C11H9Cl2NO4S. The molecule has 102 valence electrons. The molecule has 0 amide bonds. The zero-order valence-corrected chi connectivity index (χ0v) is 11.8. The van der Waals surface area contributed by atoms with E-state index in [-0.39, 0.29) is 21.4 Å². The van der Waals surface area contributed by atoms with Crippen molar-refractivity contribution in [3.8, 4) is 12.3 Å². The average molecular weight is 322 g/mol. The fourth-order valence-corrected chi connectivity index (χ4v) is 2.77. The lowest BCUT2D eigenvalue weighted by Gasteiger charge is -2.12. The van der Waals surface area contributed by atoms with Gasteiger partial charge in [-0.3, -0.25) is 4.79 Å². The zero-order valence-electron chi connectivity index (χ0n) is 9.43. The van der Waals surface area contributed by atoms with E-state index in [4.69, 9.17) is 34.7 Å². The van der Waals surface area contributed by atoms with Crippen molar-refractivity contribution >= 4 is 39.2 Å². The van der Waals surface area contributed by atoms with Gasteiger partial charge in [0.05, 0.1) is 14.9 Å². The largest absolute Gasteiger partial charge is 0.480 e. The van der Waals surface area contributed by atoms with Gasteiger partial charge in [-0.15, -0.1) is 12.3 Å². The monoisotopic (exact) mass is 321 g/mol. The van der Waals surface area contributed by atoms with Crippen molar-refractivity contribution in [2.24, 2.45) is 0 Å². The van der Waals surface area contributed by atoms with Gasteiger partial charge in [0.2, 0.25) is 10.0 Å². The molecule has 0 aromatic heterocycles. The number of hydrogen-bond acceptors (Lipinski definition) is 3. The van der Waals surface area contributed by atoms with Crippen LogP contribution in [0.4, 0.5) is 0 Å². The van der Waals surface area contributed by atoms with Crippen molar-refractivity contribution in [3.05, 3.63) is 28.2 Å². The molecule has 0 saturated carbocycles. The van der Waals surface area contributed by atoms with E-state index in [2.05, 4.69) is 5.92 Å². The van der Waals surface area contributed by atoms with Crippen molar-refractivity contribution in [3.63, 3.8) is 0 Å². The lowest BCUT2D eigenvalue weighted by molar-refractivity contribution is -0.138. The highest BCUT2D eigenvalue weighted by atomic mass is 35.5. The highest BCUT2D eigenvalue weighted by Crippen LogP contribution is 2.24. The van der Waals surface area contributed by atoms with E-state index in [1.54, 1.807) is 0 Å². The number of carboxylic acid groups (broad SMARTS) is 1. The zero-order chi connectivity index (χ0) is 14.6. The Morgan fingerprint density at radius 2 is 2.05 bits per heavy atom. The lowest BCUT2D eigenvalue weighted by Crippen LogP contribution is -2.40. The number of carbonyl (C=O) groups is 1. The van der Waals surface area contributed by atoms with E-state index in [9.17, 15) is 13.2 Å². The molecule has 1 aromatic carbocycles. The number of carboxylic acids is 1. The predicted octanol–water partition coefficient (Wildman–Crippen LogP) is 1.75. The van der Waals surface area contributed by atoms with E-state index < -0.39 is 22.0 Å². The summed E-state index contributed by atoms with van der Waals surface area (Å²) in [5.41, 5.74) is 0. The van der Waals surface area contributed by atoms with E-state index in [0.717, 1.165) is 6.07 Å². The summed E-state index contributed by atoms with van der Waals surface area (Å²) >= 11 is 11.4. The molecule has 0 fully saturated rings. The standard InChI is InChI=1S/C11H9Cl2NO4S/c1-2-3-10(11(15)16)14-19(17,18)7-4-5-8(12)9(13)6-7/h1,4-6,10,14H,3H2,(H,15,16)/t10-/m1/s1. The number of aliphatic carboxylic acids is 1. The second-order valence-corrected chi connectivity index (χ2v) is 6.02. The Labute approximate surface area is 120 Å². The van der Waals surface area contributed by atoms with Crippen LogP contribution < -0.4 is 4.72 Å². The number of hydrogen-bond donors (Lipinski definition) is 2. The summed E-state index contributed by atoms with van der Waals surface area (Å²) in [7, 11) is -4.04. The summed E-state index contributed by atoms with van der Waals surface area (Å²) in [6, 6.07) is 2.24. The third-order valence-corrected chi connectivity index (χ3v) is 4.33. The summed E-state index contributed by atoms with van der Waals surface area (Å²) in [4.78, 5) is 10.7. The Hall–Kier alpha value is -1.26. The molecule has 8 heteroatoms. The molecule has 0 bridgehead atoms. The maximum absolute atomic E-state index is 11.9. The van der Waals surface area contributed by atoms with Crippen molar-refractivity contribution < 1.29 is 18.3 Å². The van der Waals surface area contributed by atoms with Crippen LogP contribution in [0, 0.1) is 12.3 Å². The van der Waals surface area contributed by atoms with Crippen LogP contribution in [-0.4, -0.2) is 25.5 Å². The Bertz CT molecular complexity index is 637. The molecule has 0 heterocycles. The number of benzene rings is 1. The predicted molar refractivity (Wildman–Crippen MR) is 71.7 cm³/mol.